The van der Waals surface area contributed by atoms with E-state index >= 15 is 0 Å². The number of aryl methyl sites for hydroxylation is 1. The van der Waals surface area contributed by atoms with E-state index in [0.717, 1.165) is 57.4 Å². The van der Waals surface area contributed by atoms with E-state index in [1.807, 2.05) is 49.8 Å². The fourth-order valence-electron chi connectivity index (χ4n) is 2.88. The van der Waals surface area contributed by atoms with Gasteiger partial charge in [-0.1, -0.05) is 30.3 Å². The van der Waals surface area contributed by atoms with Crippen LogP contribution in [0, 0.1) is 6.92 Å². The number of hydrogen-bond donors (Lipinski definition) is 1. The molecule has 3 aromatic rings. The molecule has 154 valence electrons. The van der Waals surface area contributed by atoms with Gasteiger partial charge in [0, 0.05) is 22.8 Å². The number of carbonyl (C=O) groups excluding carboxylic acids is 1. The van der Waals surface area contributed by atoms with E-state index in [-0.39, 0.29) is 5.91 Å². The van der Waals surface area contributed by atoms with E-state index in [1.54, 1.807) is 35.3 Å². The van der Waals surface area contributed by atoms with Gasteiger partial charge < -0.3 is 9.73 Å². The highest BCUT2D eigenvalue weighted by molar-refractivity contribution is 7.99. The molecule has 5 nitrogen and oxygen atoms in total. The molecule has 0 saturated heterocycles. The maximum Gasteiger partial charge on any atom is 0.256 e. The number of anilines is 1. The van der Waals surface area contributed by atoms with Gasteiger partial charge in [-0.25, -0.2) is 9.97 Å². The summed E-state index contributed by atoms with van der Waals surface area (Å²) < 4.78 is 5.71. The molecule has 0 fully saturated rings. The van der Waals surface area contributed by atoms with Gasteiger partial charge in [-0.2, -0.15) is 0 Å². The second-order valence-corrected chi connectivity index (χ2v) is 9.19. The number of oxazole rings is 1. The number of unbranched alkanes of at least 4 members (excludes halogenated alkanes) is 2. The zero-order valence-electron chi connectivity index (χ0n) is 16.9. The lowest BCUT2D eigenvalue weighted by molar-refractivity contribution is -0.116. The average molecular weight is 448 g/mol. The quantitative estimate of drug-likeness (QED) is 0.290. The zero-order valence-corrected chi connectivity index (χ0v) is 19.3. The smallest absolute Gasteiger partial charge is 0.256 e. The number of benzene rings is 1. The van der Waals surface area contributed by atoms with E-state index in [2.05, 4.69) is 15.3 Å². The fraction of sp³-hybridized carbons (Fsp3) is 0.381. The third-order valence-corrected chi connectivity index (χ3v) is 6.66. The number of nitrogens with zero attached hydrogens (tertiary/aromatic N) is 2. The number of nitrogens with one attached hydrogen (secondary N) is 1. The highest BCUT2D eigenvalue weighted by atomic mass is 32.2. The summed E-state index contributed by atoms with van der Waals surface area (Å²) in [6.07, 6.45) is 7.40. The molecule has 8 heteroatoms. The largest absolute Gasteiger partial charge is 0.431 e. The van der Waals surface area contributed by atoms with Gasteiger partial charge in [-0.15, -0.1) is 23.5 Å². The van der Waals surface area contributed by atoms with Crippen LogP contribution in [0.25, 0.3) is 11.1 Å². The van der Waals surface area contributed by atoms with Crippen LogP contribution in [-0.4, -0.2) is 34.1 Å². The number of rotatable bonds is 10. The lowest BCUT2D eigenvalue weighted by atomic mass is 10.2. The second-order valence-electron chi connectivity index (χ2n) is 6.50. The molecule has 3 rings (SSSR count). The van der Waals surface area contributed by atoms with Crippen molar-refractivity contribution in [3.8, 4) is 0 Å². The molecule has 2 heterocycles. The van der Waals surface area contributed by atoms with Crippen LogP contribution in [0.1, 0.15) is 31.4 Å². The normalized spacial score (nSPS) is 11.1. The van der Waals surface area contributed by atoms with Crippen LogP contribution >= 0.6 is 35.3 Å². The number of carbonyl (C=O) groups is 1. The highest BCUT2D eigenvalue weighted by Crippen LogP contribution is 2.33. The van der Waals surface area contributed by atoms with Crippen LogP contribution in [0.5, 0.6) is 0 Å². The predicted molar refractivity (Wildman–Crippen MR) is 124 cm³/mol. The standard InChI is InChI=1S/C21H25N3O2S3/c1-14-13-17(27-2)19(20(22-14)28-3)24-18(25)11-5-4-8-12-29-21-23-15-9-6-7-10-16(15)26-21/h6-7,9-10,13H,4-5,8,11-12H2,1-3H3,(H,24,25). The summed E-state index contributed by atoms with van der Waals surface area (Å²) in [6.45, 7) is 1.98. The minimum Gasteiger partial charge on any atom is -0.431 e. The molecular weight excluding hydrogens is 422 g/mol. The molecule has 1 N–H and O–H groups in total. The summed E-state index contributed by atoms with van der Waals surface area (Å²) in [5, 5.41) is 4.65. The predicted octanol–water partition coefficient (Wildman–Crippen LogP) is 6.27. The summed E-state index contributed by atoms with van der Waals surface area (Å²) in [5.41, 5.74) is 3.53. The van der Waals surface area contributed by atoms with Crippen molar-refractivity contribution in [2.75, 3.05) is 23.6 Å². The van der Waals surface area contributed by atoms with Crippen molar-refractivity contribution in [1.82, 2.24) is 9.97 Å². The van der Waals surface area contributed by atoms with E-state index < -0.39 is 0 Å². The SMILES string of the molecule is CSc1cc(C)nc(SC)c1NC(=O)CCCCCSc1nc2ccccc2o1. The number of pyridine rings is 1. The number of aromatic nitrogens is 2. The Kier molecular flexibility index (Phi) is 8.32. The number of hydrogen-bond acceptors (Lipinski definition) is 7. The van der Waals surface area contributed by atoms with Gasteiger partial charge in [0.2, 0.25) is 5.91 Å². The molecule has 0 unspecified atom stereocenters. The first-order valence-corrected chi connectivity index (χ1v) is 12.9. The Morgan fingerprint density at radius 1 is 1.10 bits per heavy atom. The second kappa shape index (κ2) is 10.9. The number of thioether (sulfide) groups is 3. The van der Waals surface area contributed by atoms with Gasteiger partial charge in [-0.05, 0) is 50.5 Å². The van der Waals surface area contributed by atoms with Crippen molar-refractivity contribution >= 4 is 58.0 Å². The summed E-state index contributed by atoms with van der Waals surface area (Å²) in [5.74, 6) is 0.983. The van der Waals surface area contributed by atoms with Gasteiger partial charge >= 0.3 is 0 Å². The molecule has 0 aliphatic heterocycles. The van der Waals surface area contributed by atoms with Crippen molar-refractivity contribution in [1.29, 1.82) is 0 Å². The van der Waals surface area contributed by atoms with Gasteiger partial charge in [0.15, 0.2) is 5.58 Å². The van der Waals surface area contributed by atoms with Gasteiger partial charge in [-0.3, -0.25) is 4.79 Å². The Morgan fingerprint density at radius 3 is 2.69 bits per heavy atom. The van der Waals surface area contributed by atoms with Crippen molar-refractivity contribution < 1.29 is 9.21 Å². The highest BCUT2D eigenvalue weighted by Gasteiger charge is 2.13. The first kappa shape index (κ1) is 22.1. The monoisotopic (exact) mass is 447 g/mol. The molecule has 0 atom stereocenters. The molecule has 0 saturated carbocycles. The van der Waals surface area contributed by atoms with Gasteiger partial charge in [0.25, 0.3) is 5.22 Å². The van der Waals surface area contributed by atoms with Crippen molar-refractivity contribution in [2.45, 2.75) is 47.8 Å². The van der Waals surface area contributed by atoms with E-state index in [0.29, 0.717) is 11.6 Å². The number of fused-ring (bicyclic) bond motifs is 1. The maximum absolute atomic E-state index is 12.4. The third-order valence-electron chi connectivity index (χ3n) is 4.30. The van der Waals surface area contributed by atoms with Gasteiger partial charge in [0.05, 0.1) is 5.69 Å². The first-order valence-electron chi connectivity index (χ1n) is 9.48. The molecule has 0 aliphatic rings. The Morgan fingerprint density at radius 2 is 1.93 bits per heavy atom. The van der Waals surface area contributed by atoms with Crippen molar-refractivity contribution in [2.24, 2.45) is 0 Å². The third kappa shape index (κ3) is 6.17. The van der Waals surface area contributed by atoms with Gasteiger partial charge in [0.1, 0.15) is 10.5 Å². The Balaban J connectivity index is 1.40. The lowest BCUT2D eigenvalue weighted by Crippen LogP contribution is -2.13. The molecule has 2 aromatic heterocycles. The lowest BCUT2D eigenvalue weighted by Gasteiger charge is -2.13. The minimum atomic E-state index is 0.0489. The number of amides is 1. The van der Waals surface area contributed by atoms with Crippen molar-refractivity contribution in [3.05, 3.63) is 36.0 Å². The molecule has 1 amide bonds. The van der Waals surface area contributed by atoms with E-state index in [9.17, 15) is 4.79 Å². The van der Waals surface area contributed by atoms with E-state index in [1.165, 1.54) is 0 Å². The molecule has 0 spiro atoms. The number of para-hydroxylation sites is 2. The molecular formula is C21H25N3O2S3. The first-order chi connectivity index (χ1) is 14.1. The Hall–Kier alpha value is -1.64. The summed E-state index contributed by atoms with van der Waals surface area (Å²) in [6, 6.07) is 9.81. The molecule has 1 aromatic carbocycles. The summed E-state index contributed by atoms with van der Waals surface area (Å²) in [7, 11) is 0. The molecule has 0 bridgehead atoms. The van der Waals surface area contributed by atoms with Crippen LogP contribution in [-0.2, 0) is 4.79 Å². The van der Waals surface area contributed by atoms with Crippen LogP contribution in [0.3, 0.4) is 0 Å². The summed E-state index contributed by atoms with van der Waals surface area (Å²) >= 11 is 4.82. The average Bonchev–Trinajstić information content (AvgIpc) is 3.14. The fourth-order valence-corrected chi connectivity index (χ4v) is 5.02. The Bertz CT molecular complexity index is 917. The van der Waals surface area contributed by atoms with Crippen molar-refractivity contribution in [3.63, 3.8) is 0 Å². The van der Waals surface area contributed by atoms with Crippen LogP contribution in [0.2, 0.25) is 0 Å². The molecule has 29 heavy (non-hydrogen) atoms. The summed E-state index contributed by atoms with van der Waals surface area (Å²) in [4.78, 5) is 22.5. The topological polar surface area (TPSA) is 68.0 Å². The zero-order chi connectivity index (χ0) is 20.6. The minimum absolute atomic E-state index is 0.0489. The maximum atomic E-state index is 12.4. The van der Waals surface area contributed by atoms with Crippen LogP contribution < -0.4 is 5.32 Å². The van der Waals surface area contributed by atoms with E-state index in [4.69, 9.17) is 4.42 Å². The molecule has 0 radical (unpaired) electrons. The molecule has 0 aliphatic carbocycles. The van der Waals surface area contributed by atoms with Crippen LogP contribution in [0.4, 0.5) is 5.69 Å². The Labute approximate surface area is 184 Å². The van der Waals surface area contributed by atoms with Crippen LogP contribution in [0.15, 0.2) is 49.9 Å².